The van der Waals surface area contributed by atoms with Gasteiger partial charge in [-0.3, -0.25) is 0 Å². The number of piperidine rings is 1. The highest BCUT2D eigenvalue weighted by Crippen LogP contribution is 2.14. The summed E-state index contributed by atoms with van der Waals surface area (Å²) in [6, 6.07) is 9.11. The van der Waals surface area contributed by atoms with Gasteiger partial charge in [-0.2, -0.15) is 5.26 Å². The van der Waals surface area contributed by atoms with Gasteiger partial charge in [0.05, 0.1) is 17.4 Å². The molecule has 0 saturated carbocycles. The Morgan fingerprint density at radius 3 is 2.40 bits per heavy atom. The first-order valence-corrected chi connectivity index (χ1v) is 8.37. The number of sulfonamides is 1. The second-order valence-corrected chi connectivity index (χ2v) is 6.89. The number of rotatable bonds is 4. The van der Waals surface area contributed by atoms with E-state index in [2.05, 4.69) is 6.07 Å². The number of nitrogens with zero attached hydrogens (tertiary/aromatic N) is 2. The number of benzene rings is 1. The van der Waals surface area contributed by atoms with Crippen molar-refractivity contribution >= 4 is 16.1 Å². The van der Waals surface area contributed by atoms with Crippen molar-refractivity contribution in [2.75, 3.05) is 18.8 Å². The summed E-state index contributed by atoms with van der Waals surface area (Å²) in [5.74, 6) is 0.0347. The third-order valence-corrected chi connectivity index (χ3v) is 5.13. The molecule has 0 atom stereocenters. The average Bonchev–Trinajstić information content (AvgIpc) is 2.49. The van der Waals surface area contributed by atoms with Crippen LogP contribution < -0.4 is 0 Å². The van der Waals surface area contributed by atoms with Crippen LogP contribution in [0.3, 0.4) is 0 Å². The van der Waals surface area contributed by atoms with Crippen LogP contribution in [0.2, 0.25) is 0 Å². The molecule has 1 aliphatic rings. The highest BCUT2D eigenvalue weighted by molar-refractivity contribution is 7.89. The van der Waals surface area contributed by atoms with Crippen LogP contribution in [0.25, 0.3) is 6.08 Å². The molecule has 1 fully saturated rings. The van der Waals surface area contributed by atoms with E-state index in [4.69, 9.17) is 5.26 Å². The van der Waals surface area contributed by atoms with Crippen molar-refractivity contribution in [2.24, 2.45) is 0 Å². The lowest BCUT2D eigenvalue weighted by Crippen LogP contribution is -2.36. The minimum atomic E-state index is -3.17. The van der Waals surface area contributed by atoms with Crippen LogP contribution in [0.4, 0.5) is 0 Å². The highest BCUT2D eigenvalue weighted by atomic mass is 32.2. The zero-order chi connectivity index (χ0) is 14.4. The Labute approximate surface area is 120 Å². The Bertz CT molecular complexity index is 606. The number of hydrogen-bond donors (Lipinski definition) is 0. The molecule has 1 aromatic rings. The molecule has 0 spiro atoms. The van der Waals surface area contributed by atoms with E-state index in [1.54, 1.807) is 28.6 Å². The Morgan fingerprint density at radius 1 is 1.15 bits per heavy atom. The Morgan fingerprint density at radius 2 is 1.80 bits per heavy atom. The van der Waals surface area contributed by atoms with Gasteiger partial charge in [-0.15, -0.1) is 0 Å². The normalized spacial score (nSPS) is 17.1. The van der Waals surface area contributed by atoms with E-state index < -0.39 is 10.0 Å². The van der Waals surface area contributed by atoms with E-state index in [9.17, 15) is 8.42 Å². The molecule has 1 saturated heterocycles. The van der Waals surface area contributed by atoms with Gasteiger partial charge >= 0.3 is 0 Å². The van der Waals surface area contributed by atoms with Gasteiger partial charge < -0.3 is 0 Å². The summed E-state index contributed by atoms with van der Waals surface area (Å²) < 4.78 is 25.8. The van der Waals surface area contributed by atoms with Crippen LogP contribution in [-0.2, 0) is 10.0 Å². The van der Waals surface area contributed by atoms with Gasteiger partial charge in [0.25, 0.3) is 0 Å². The topological polar surface area (TPSA) is 61.2 Å². The fraction of sp³-hybridized carbons (Fsp3) is 0.400. The molecule has 0 aromatic heterocycles. The van der Waals surface area contributed by atoms with Crippen molar-refractivity contribution in [1.82, 2.24) is 4.31 Å². The summed E-state index contributed by atoms with van der Waals surface area (Å²) in [6.45, 7) is 1.29. The molecule has 0 N–H and O–H groups in total. The smallest absolute Gasteiger partial charge is 0.212 e. The van der Waals surface area contributed by atoms with Gasteiger partial charge in [0.2, 0.25) is 10.0 Å². The quantitative estimate of drug-likeness (QED) is 0.855. The fourth-order valence-corrected chi connectivity index (χ4v) is 3.59. The van der Waals surface area contributed by atoms with Crippen LogP contribution in [-0.4, -0.2) is 31.6 Å². The van der Waals surface area contributed by atoms with Gasteiger partial charge in [-0.25, -0.2) is 12.7 Å². The van der Waals surface area contributed by atoms with Crippen molar-refractivity contribution < 1.29 is 8.42 Å². The summed E-state index contributed by atoms with van der Waals surface area (Å²) in [5, 5.41) is 8.70. The predicted octanol–water partition coefficient (Wildman–Crippen LogP) is 2.39. The molecule has 106 valence electrons. The minimum Gasteiger partial charge on any atom is -0.212 e. The summed E-state index contributed by atoms with van der Waals surface area (Å²) in [6.07, 6.45) is 6.48. The van der Waals surface area contributed by atoms with Crippen molar-refractivity contribution in [1.29, 1.82) is 5.26 Å². The molecule has 1 aromatic carbocycles. The lowest BCUT2D eigenvalue weighted by atomic mass is 10.1. The van der Waals surface area contributed by atoms with Crippen LogP contribution in [0.15, 0.2) is 30.3 Å². The third-order valence-electron chi connectivity index (χ3n) is 3.37. The molecule has 0 bridgehead atoms. The minimum absolute atomic E-state index is 0.0347. The molecule has 0 aliphatic carbocycles. The molecule has 2 rings (SSSR count). The SMILES string of the molecule is N#Cc1ccc(C=CCS(=O)(=O)N2CCCCC2)cc1. The molecule has 0 amide bonds. The Balaban J connectivity index is 1.96. The number of nitriles is 1. The van der Waals surface area contributed by atoms with E-state index in [0.717, 1.165) is 24.8 Å². The summed E-state index contributed by atoms with van der Waals surface area (Å²) >= 11 is 0. The molecule has 5 heteroatoms. The molecular weight excluding hydrogens is 272 g/mol. The highest BCUT2D eigenvalue weighted by Gasteiger charge is 2.22. The van der Waals surface area contributed by atoms with E-state index in [1.807, 2.05) is 12.1 Å². The Kier molecular flexibility index (Phi) is 4.94. The van der Waals surface area contributed by atoms with Crippen LogP contribution in [0.1, 0.15) is 30.4 Å². The first kappa shape index (κ1) is 14.8. The van der Waals surface area contributed by atoms with Gasteiger partial charge in [0.15, 0.2) is 0 Å². The zero-order valence-electron chi connectivity index (χ0n) is 11.3. The Hall–Kier alpha value is -1.64. The molecule has 4 nitrogen and oxygen atoms in total. The fourth-order valence-electron chi connectivity index (χ4n) is 2.22. The zero-order valence-corrected chi connectivity index (χ0v) is 12.1. The lowest BCUT2D eigenvalue weighted by Gasteiger charge is -2.25. The largest absolute Gasteiger partial charge is 0.217 e. The van der Waals surface area contributed by atoms with Crippen LogP contribution in [0, 0.1) is 11.3 Å². The van der Waals surface area contributed by atoms with E-state index >= 15 is 0 Å². The monoisotopic (exact) mass is 290 g/mol. The number of hydrogen-bond acceptors (Lipinski definition) is 3. The second kappa shape index (κ2) is 6.69. The van der Waals surface area contributed by atoms with Crippen molar-refractivity contribution in [3.05, 3.63) is 41.5 Å². The summed E-state index contributed by atoms with van der Waals surface area (Å²) in [5.41, 5.74) is 1.50. The maximum Gasteiger partial charge on any atom is 0.217 e. The lowest BCUT2D eigenvalue weighted by molar-refractivity contribution is 0.348. The van der Waals surface area contributed by atoms with Gasteiger partial charge in [0, 0.05) is 13.1 Å². The molecule has 1 heterocycles. The van der Waals surface area contributed by atoms with Gasteiger partial charge in [-0.05, 0) is 30.5 Å². The molecule has 0 radical (unpaired) electrons. The van der Waals surface area contributed by atoms with E-state index in [0.29, 0.717) is 18.7 Å². The first-order valence-electron chi connectivity index (χ1n) is 6.76. The van der Waals surface area contributed by atoms with Crippen LogP contribution >= 0.6 is 0 Å². The standard InChI is InChI=1S/C15H18N2O2S/c16-13-15-8-6-14(7-9-15)5-4-12-20(18,19)17-10-2-1-3-11-17/h4-9H,1-3,10-12H2. The van der Waals surface area contributed by atoms with Crippen molar-refractivity contribution in [3.8, 4) is 6.07 Å². The average molecular weight is 290 g/mol. The summed E-state index contributed by atoms with van der Waals surface area (Å²) in [7, 11) is -3.17. The van der Waals surface area contributed by atoms with Gasteiger partial charge in [0.1, 0.15) is 0 Å². The maximum absolute atomic E-state index is 12.1. The van der Waals surface area contributed by atoms with Crippen molar-refractivity contribution in [3.63, 3.8) is 0 Å². The molecule has 20 heavy (non-hydrogen) atoms. The van der Waals surface area contributed by atoms with Crippen molar-refractivity contribution in [2.45, 2.75) is 19.3 Å². The van der Waals surface area contributed by atoms with E-state index in [1.165, 1.54) is 0 Å². The van der Waals surface area contributed by atoms with Crippen LogP contribution in [0.5, 0.6) is 0 Å². The van der Waals surface area contributed by atoms with E-state index in [-0.39, 0.29) is 5.75 Å². The first-order chi connectivity index (χ1) is 9.62. The maximum atomic E-state index is 12.1. The molecule has 0 unspecified atom stereocenters. The predicted molar refractivity (Wildman–Crippen MR) is 79.4 cm³/mol. The summed E-state index contributed by atoms with van der Waals surface area (Å²) in [4.78, 5) is 0. The third kappa shape index (κ3) is 3.92. The molecular formula is C15H18N2O2S. The van der Waals surface area contributed by atoms with Gasteiger partial charge in [-0.1, -0.05) is 30.7 Å². The second-order valence-electron chi connectivity index (χ2n) is 4.87. The molecule has 1 aliphatic heterocycles.